The van der Waals surface area contributed by atoms with Crippen molar-refractivity contribution in [3.8, 4) is 0 Å². The highest BCUT2D eigenvalue weighted by Crippen LogP contribution is 2.35. The minimum absolute atomic E-state index is 0.134. The number of rotatable bonds is 8. The summed E-state index contributed by atoms with van der Waals surface area (Å²) in [6.45, 7) is 1.27. The summed E-state index contributed by atoms with van der Waals surface area (Å²) in [5.74, 6) is -2.00. The normalized spacial score (nSPS) is 18.7. The molecule has 0 radical (unpaired) electrons. The monoisotopic (exact) mass is 437 g/mol. The Bertz CT molecular complexity index is 1050. The second-order valence-electron chi connectivity index (χ2n) is 7.94. The molecule has 3 aromatic carbocycles. The van der Waals surface area contributed by atoms with Crippen LogP contribution in [0.1, 0.15) is 23.1 Å². The van der Waals surface area contributed by atoms with Gasteiger partial charge in [-0.1, -0.05) is 66.7 Å². The maximum atomic E-state index is 14.1. The number of hydrogen-bond donors (Lipinski definition) is 0. The second-order valence-corrected chi connectivity index (χ2v) is 7.94. The van der Waals surface area contributed by atoms with Gasteiger partial charge in [-0.25, -0.2) is 8.78 Å². The van der Waals surface area contributed by atoms with Gasteiger partial charge in [0.1, 0.15) is 12.2 Å². The van der Waals surface area contributed by atoms with Crippen LogP contribution in [0.15, 0.2) is 78.9 Å². The number of benzene rings is 3. The van der Waals surface area contributed by atoms with E-state index < -0.39 is 17.2 Å². The molecule has 1 atom stereocenters. The molecular weight excluding hydrogens is 412 g/mol. The number of ether oxygens (including phenoxy) is 2. The number of halogens is 2. The Hall–Kier alpha value is -3.09. The molecule has 0 N–H and O–H groups in total. The number of amides is 1. The maximum Gasteiger partial charge on any atom is 0.249 e. The van der Waals surface area contributed by atoms with Gasteiger partial charge in [0.2, 0.25) is 5.91 Å². The average molecular weight is 437 g/mol. The molecule has 1 fully saturated rings. The largest absolute Gasteiger partial charge is 0.377 e. The van der Waals surface area contributed by atoms with Crippen molar-refractivity contribution < 1.29 is 23.0 Å². The standard InChI is InChI=1S/C26H25F2NO3/c27-23-12-11-22(15-24(23)28)26(13-14-31-17-21-9-5-2-6-10-21)19-29(25(30)18-32-26)16-20-7-3-1-4-8-20/h1-12,15H,13-14,16-19H2. The highest BCUT2D eigenvalue weighted by Gasteiger charge is 2.41. The van der Waals surface area contributed by atoms with E-state index in [4.69, 9.17) is 9.47 Å². The van der Waals surface area contributed by atoms with Gasteiger partial charge in [0.25, 0.3) is 0 Å². The van der Waals surface area contributed by atoms with Gasteiger partial charge < -0.3 is 14.4 Å². The molecule has 0 aromatic heterocycles. The number of carbonyl (C=O) groups excluding carboxylic acids is 1. The van der Waals surface area contributed by atoms with E-state index in [1.54, 1.807) is 4.90 Å². The van der Waals surface area contributed by atoms with Gasteiger partial charge in [-0.3, -0.25) is 4.79 Å². The van der Waals surface area contributed by atoms with Crippen molar-refractivity contribution in [1.82, 2.24) is 4.90 Å². The van der Waals surface area contributed by atoms with Gasteiger partial charge in [0, 0.05) is 13.0 Å². The summed E-state index contributed by atoms with van der Waals surface area (Å²) in [5, 5.41) is 0. The van der Waals surface area contributed by atoms with E-state index >= 15 is 0 Å². The Morgan fingerprint density at radius 3 is 2.28 bits per heavy atom. The average Bonchev–Trinajstić information content (AvgIpc) is 2.82. The van der Waals surface area contributed by atoms with Crippen LogP contribution in [-0.2, 0) is 33.0 Å². The Labute approximate surface area is 186 Å². The first-order chi connectivity index (χ1) is 15.6. The van der Waals surface area contributed by atoms with Gasteiger partial charge in [-0.2, -0.15) is 0 Å². The van der Waals surface area contributed by atoms with Crippen molar-refractivity contribution in [1.29, 1.82) is 0 Å². The highest BCUT2D eigenvalue weighted by molar-refractivity contribution is 5.78. The zero-order valence-electron chi connectivity index (χ0n) is 17.7. The highest BCUT2D eigenvalue weighted by atomic mass is 19.2. The lowest BCUT2D eigenvalue weighted by Crippen LogP contribution is -2.53. The van der Waals surface area contributed by atoms with E-state index in [-0.39, 0.29) is 19.1 Å². The van der Waals surface area contributed by atoms with Crippen molar-refractivity contribution in [2.75, 3.05) is 19.8 Å². The molecule has 1 unspecified atom stereocenters. The van der Waals surface area contributed by atoms with Crippen molar-refractivity contribution in [2.24, 2.45) is 0 Å². The smallest absolute Gasteiger partial charge is 0.249 e. The summed E-state index contributed by atoms with van der Waals surface area (Å²) < 4.78 is 39.6. The topological polar surface area (TPSA) is 38.8 Å². The number of morpholine rings is 1. The van der Waals surface area contributed by atoms with Crippen molar-refractivity contribution in [2.45, 2.75) is 25.2 Å². The van der Waals surface area contributed by atoms with Crippen LogP contribution >= 0.6 is 0 Å². The number of nitrogens with zero attached hydrogens (tertiary/aromatic N) is 1. The van der Waals surface area contributed by atoms with Crippen LogP contribution in [0, 0.1) is 11.6 Å². The quantitative estimate of drug-likeness (QED) is 0.474. The third-order valence-corrected chi connectivity index (χ3v) is 5.69. The molecule has 1 amide bonds. The molecule has 32 heavy (non-hydrogen) atoms. The van der Waals surface area contributed by atoms with Crippen LogP contribution < -0.4 is 0 Å². The van der Waals surface area contributed by atoms with Crippen LogP contribution in [0.4, 0.5) is 8.78 Å². The van der Waals surface area contributed by atoms with Crippen LogP contribution in [0.3, 0.4) is 0 Å². The molecule has 0 spiro atoms. The van der Waals surface area contributed by atoms with Gasteiger partial charge in [0.05, 0.1) is 19.8 Å². The SMILES string of the molecule is O=C1COC(CCOCc2ccccc2)(c2ccc(F)c(F)c2)CN1Cc1ccccc1. The molecule has 1 heterocycles. The predicted molar refractivity (Wildman–Crippen MR) is 117 cm³/mol. The lowest BCUT2D eigenvalue weighted by Gasteiger charge is -2.43. The van der Waals surface area contributed by atoms with Crippen molar-refractivity contribution >= 4 is 5.91 Å². The summed E-state index contributed by atoms with van der Waals surface area (Å²) in [6.07, 6.45) is 0.392. The molecule has 166 valence electrons. The van der Waals surface area contributed by atoms with Gasteiger partial charge in [0.15, 0.2) is 11.6 Å². The summed E-state index contributed by atoms with van der Waals surface area (Å²) in [4.78, 5) is 14.3. The van der Waals surface area contributed by atoms with Crippen LogP contribution in [0.5, 0.6) is 0 Å². The van der Waals surface area contributed by atoms with Gasteiger partial charge in [-0.05, 0) is 28.8 Å². The van der Waals surface area contributed by atoms with Crippen molar-refractivity contribution in [3.63, 3.8) is 0 Å². The molecule has 1 aliphatic rings. The first-order valence-corrected chi connectivity index (χ1v) is 10.6. The number of carbonyl (C=O) groups is 1. The van der Waals surface area contributed by atoms with E-state index in [9.17, 15) is 13.6 Å². The fourth-order valence-corrected chi connectivity index (χ4v) is 3.93. The van der Waals surface area contributed by atoms with Crippen LogP contribution in [0.25, 0.3) is 0 Å². The maximum absolute atomic E-state index is 14.1. The molecule has 3 aromatic rings. The second kappa shape index (κ2) is 10.0. The molecular formula is C26H25F2NO3. The molecule has 1 saturated heterocycles. The first-order valence-electron chi connectivity index (χ1n) is 10.6. The number of hydrogen-bond acceptors (Lipinski definition) is 3. The van der Waals surface area contributed by atoms with E-state index in [1.165, 1.54) is 6.07 Å². The molecule has 4 rings (SSSR count). The molecule has 0 aliphatic carbocycles. The summed E-state index contributed by atoms with van der Waals surface area (Å²) >= 11 is 0. The Morgan fingerprint density at radius 2 is 1.59 bits per heavy atom. The summed E-state index contributed by atoms with van der Waals surface area (Å²) in [7, 11) is 0. The Balaban J connectivity index is 1.53. The van der Waals surface area contributed by atoms with Gasteiger partial charge in [-0.15, -0.1) is 0 Å². The van der Waals surface area contributed by atoms with E-state index in [0.717, 1.165) is 23.3 Å². The zero-order valence-corrected chi connectivity index (χ0v) is 17.7. The van der Waals surface area contributed by atoms with E-state index in [2.05, 4.69) is 0 Å². The fourth-order valence-electron chi connectivity index (χ4n) is 3.93. The minimum atomic E-state index is -0.992. The zero-order chi connectivity index (χ0) is 22.4. The molecule has 0 saturated carbocycles. The fraction of sp³-hybridized carbons (Fsp3) is 0.269. The lowest BCUT2D eigenvalue weighted by molar-refractivity contribution is -0.170. The van der Waals surface area contributed by atoms with Crippen LogP contribution in [0.2, 0.25) is 0 Å². The predicted octanol–water partition coefficient (Wildman–Crippen LogP) is 4.83. The van der Waals surface area contributed by atoms with E-state index in [1.807, 2.05) is 60.7 Å². The first kappa shape index (κ1) is 22.1. The van der Waals surface area contributed by atoms with Crippen LogP contribution in [-0.4, -0.2) is 30.6 Å². The molecule has 1 aliphatic heterocycles. The molecule has 0 bridgehead atoms. The Morgan fingerprint density at radius 1 is 0.906 bits per heavy atom. The lowest BCUT2D eigenvalue weighted by atomic mass is 9.88. The van der Waals surface area contributed by atoms with Crippen molar-refractivity contribution in [3.05, 3.63) is 107 Å². The summed E-state index contributed by atoms with van der Waals surface area (Å²) in [5.41, 5.74) is 1.53. The molecule has 4 nitrogen and oxygen atoms in total. The third-order valence-electron chi connectivity index (χ3n) is 5.69. The van der Waals surface area contributed by atoms with Gasteiger partial charge >= 0.3 is 0 Å². The summed E-state index contributed by atoms with van der Waals surface area (Å²) in [6, 6.07) is 23.2. The van der Waals surface area contributed by atoms with E-state index in [0.29, 0.717) is 31.7 Å². The third kappa shape index (κ3) is 5.21. The molecule has 6 heteroatoms. The minimum Gasteiger partial charge on any atom is -0.377 e. The Kier molecular flexibility index (Phi) is 6.93.